The van der Waals surface area contributed by atoms with Crippen LogP contribution in [-0.4, -0.2) is 29.7 Å². The van der Waals surface area contributed by atoms with Gasteiger partial charge in [0.05, 0.1) is 16.3 Å². The van der Waals surface area contributed by atoms with Gasteiger partial charge in [-0.3, -0.25) is 4.79 Å². The van der Waals surface area contributed by atoms with Crippen LogP contribution in [0.3, 0.4) is 0 Å². The summed E-state index contributed by atoms with van der Waals surface area (Å²) in [5.41, 5.74) is 2.75. The number of amides is 1. The van der Waals surface area contributed by atoms with E-state index in [1.807, 2.05) is 30.3 Å². The predicted octanol–water partition coefficient (Wildman–Crippen LogP) is 4.62. The molecule has 0 bridgehead atoms. The highest BCUT2D eigenvalue weighted by molar-refractivity contribution is 7.19. The summed E-state index contributed by atoms with van der Waals surface area (Å²) in [5, 5.41) is 3.75. The average molecular weight is 389 g/mol. The Morgan fingerprint density at radius 3 is 3.00 bits per heavy atom. The molecule has 6 heteroatoms. The van der Waals surface area contributed by atoms with Crippen LogP contribution in [0.15, 0.2) is 36.4 Å². The molecule has 1 aliphatic rings. The predicted molar refractivity (Wildman–Crippen MR) is 106 cm³/mol. The third kappa shape index (κ3) is 3.52. The molecule has 1 fully saturated rings. The maximum Gasteiger partial charge on any atom is 0.268 e. The Bertz CT molecular complexity index is 941. The molecule has 4 rings (SSSR count). The SMILES string of the molecule is Cc1cc2c(cc(C(=O)NCC3CCCO3)n2Cc2ccccc2Cl)s1. The highest BCUT2D eigenvalue weighted by atomic mass is 35.5. The van der Waals surface area contributed by atoms with Crippen molar-refractivity contribution in [1.82, 2.24) is 9.88 Å². The molecule has 0 radical (unpaired) electrons. The first-order chi connectivity index (χ1) is 12.6. The zero-order valence-corrected chi connectivity index (χ0v) is 16.2. The molecule has 1 aliphatic heterocycles. The van der Waals surface area contributed by atoms with Crippen LogP contribution in [0.2, 0.25) is 5.02 Å². The summed E-state index contributed by atoms with van der Waals surface area (Å²) in [5.74, 6) is -0.0615. The summed E-state index contributed by atoms with van der Waals surface area (Å²) in [6.07, 6.45) is 2.21. The quantitative estimate of drug-likeness (QED) is 0.692. The molecule has 4 nitrogen and oxygen atoms in total. The monoisotopic (exact) mass is 388 g/mol. The third-order valence-corrected chi connectivity index (χ3v) is 6.10. The van der Waals surface area contributed by atoms with E-state index in [4.69, 9.17) is 16.3 Å². The number of benzene rings is 1. The molecule has 2 aromatic heterocycles. The minimum absolute atomic E-state index is 0.0615. The summed E-state index contributed by atoms with van der Waals surface area (Å²) < 4.78 is 8.79. The minimum atomic E-state index is -0.0615. The van der Waals surface area contributed by atoms with Crippen molar-refractivity contribution in [2.75, 3.05) is 13.2 Å². The van der Waals surface area contributed by atoms with Gasteiger partial charge in [-0.05, 0) is 43.5 Å². The molecule has 1 N–H and O–H groups in total. The van der Waals surface area contributed by atoms with Crippen LogP contribution in [0, 0.1) is 6.92 Å². The van der Waals surface area contributed by atoms with Crippen molar-refractivity contribution in [1.29, 1.82) is 0 Å². The molecule has 26 heavy (non-hydrogen) atoms. The van der Waals surface area contributed by atoms with Crippen LogP contribution < -0.4 is 5.32 Å². The van der Waals surface area contributed by atoms with Crippen molar-refractivity contribution in [3.05, 3.63) is 57.6 Å². The Labute approximate surface area is 161 Å². The number of rotatable bonds is 5. The number of aromatic nitrogens is 1. The third-order valence-electron chi connectivity index (χ3n) is 4.75. The Balaban J connectivity index is 1.64. The van der Waals surface area contributed by atoms with Gasteiger partial charge in [-0.1, -0.05) is 29.8 Å². The lowest BCUT2D eigenvalue weighted by atomic mass is 10.2. The van der Waals surface area contributed by atoms with Gasteiger partial charge < -0.3 is 14.6 Å². The fourth-order valence-electron chi connectivity index (χ4n) is 3.42. The van der Waals surface area contributed by atoms with Gasteiger partial charge in [-0.15, -0.1) is 11.3 Å². The summed E-state index contributed by atoms with van der Waals surface area (Å²) in [6.45, 7) is 4.00. The highest BCUT2D eigenvalue weighted by Gasteiger charge is 2.21. The van der Waals surface area contributed by atoms with Gasteiger partial charge in [-0.25, -0.2) is 0 Å². The highest BCUT2D eigenvalue weighted by Crippen LogP contribution is 2.30. The number of hydrogen-bond donors (Lipinski definition) is 1. The molecule has 1 aromatic carbocycles. The van der Waals surface area contributed by atoms with Gasteiger partial charge in [0.15, 0.2) is 0 Å². The van der Waals surface area contributed by atoms with E-state index in [1.54, 1.807) is 11.3 Å². The summed E-state index contributed by atoms with van der Waals surface area (Å²) in [6, 6.07) is 11.9. The largest absolute Gasteiger partial charge is 0.376 e. The van der Waals surface area contributed by atoms with Gasteiger partial charge in [0.1, 0.15) is 5.69 Å². The van der Waals surface area contributed by atoms with Gasteiger partial charge in [0.25, 0.3) is 5.91 Å². The molecular weight excluding hydrogens is 368 g/mol. The molecule has 1 amide bonds. The Hall–Kier alpha value is -1.82. The first kappa shape index (κ1) is 17.6. The summed E-state index contributed by atoms with van der Waals surface area (Å²) >= 11 is 8.05. The number of fused-ring (bicyclic) bond motifs is 1. The lowest BCUT2D eigenvalue weighted by molar-refractivity contribution is 0.0851. The average Bonchev–Trinajstić information content (AvgIpc) is 3.32. The Morgan fingerprint density at radius 2 is 2.23 bits per heavy atom. The molecule has 1 saturated heterocycles. The number of nitrogens with one attached hydrogen (secondary N) is 1. The normalized spacial score (nSPS) is 17.1. The van der Waals surface area contributed by atoms with Crippen LogP contribution in [0.1, 0.15) is 33.8 Å². The van der Waals surface area contributed by atoms with E-state index < -0.39 is 0 Å². The molecule has 1 atom stereocenters. The van der Waals surface area contributed by atoms with E-state index in [9.17, 15) is 4.79 Å². The van der Waals surface area contributed by atoms with E-state index in [2.05, 4.69) is 22.9 Å². The van der Waals surface area contributed by atoms with Crippen LogP contribution in [0.5, 0.6) is 0 Å². The zero-order valence-electron chi connectivity index (χ0n) is 14.6. The molecule has 0 aliphatic carbocycles. The Kier molecular flexibility index (Phi) is 5.02. The van der Waals surface area contributed by atoms with Crippen LogP contribution in [-0.2, 0) is 11.3 Å². The lowest BCUT2D eigenvalue weighted by Crippen LogP contribution is -2.33. The van der Waals surface area contributed by atoms with Crippen molar-refractivity contribution < 1.29 is 9.53 Å². The second kappa shape index (κ2) is 7.43. The lowest BCUT2D eigenvalue weighted by Gasteiger charge is -2.14. The second-order valence-corrected chi connectivity index (χ2v) is 8.35. The number of aryl methyl sites for hydroxylation is 1. The molecular formula is C20H21ClN2O2S. The molecule has 0 spiro atoms. The van der Waals surface area contributed by atoms with Crippen LogP contribution >= 0.6 is 22.9 Å². The van der Waals surface area contributed by atoms with E-state index in [0.717, 1.165) is 35.2 Å². The van der Waals surface area contributed by atoms with Crippen molar-refractivity contribution in [2.24, 2.45) is 0 Å². The van der Waals surface area contributed by atoms with Gasteiger partial charge in [-0.2, -0.15) is 0 Å². The van der Waals surface area contributed by atoms with E-state index in [-0.39, 0.29) is 12.0 Å². The van der Waals surface area contributed by atoms with Crippen LogP contribution in [0.25, 0.3) is 10.2 Å². The first-order valence-electron chi connectivity index (χ1n) is 8.84. The Morgan fingerprint density at radius 1 is 1.38 bits per heavy atom. The summed E-state index contributed by atoms with van der Waals surface area (Å²) in [7, 11) is 0. The van der Waals surface area contributed by atoms with E-state index >= 15 is 0 Å². The molecule has 136 valence electrons. The molecule has 3 heterocycles. The van der Waals surface area contributed by atoms with Gasteiger partial charge in [0, 0.05) is 29.6 Å². The molecule has 3 aromatic rings. The fourth-order valence-corrected chi connectivity index (χ4v) is 4.58. The zero-order chi connectivity index (χ0) is 18.1. The van der Waals surface area contributed by atoms with Crippen molar-refractivity contribution in [2.45, 2.75) is 32.4 Å². The molecule has 0 saturated carbocycles. The number of carbonyl (C=O) groups excluding carboxylic acids is 1. The van der Waals surface area contributed by atoms with Crippen LogP contribution in [0.4, 0.5) is 0 Å². The fraction of sp³-hybridized carbons (Fsp3) is 0.350. The maximum absolute atomic E-state index is 12.8. The number of nitrogens with zero attached hydrogens (tertiary/aromatic N) is 1. The van der Waals surface area contributed by atoms with Gasteiger partial charge in [0.2, 0.25) is 0 Å². The maximum atomic E-state index is 12.8. The van der Waals surface area contributed by atoms with E-state index in [0.29, 0.717) is 23.8 Å². The first-order valence-corrected chi connectivity index (χ1v) is 10.0. The van der Waals surface area contributed by atoms with E-state index in [1.165, 1.54) is 4.88 Å². The number of hydrogen-bond acceptors (Lipinski definition) is 3. The van der Waals surface area contributed by atoms with Crippen molar-refractivity contribution >= 4 is 39.1 Å². The van der Waals surface area contributed by atoms with Gasteiger partial charge >= 0.3 is 0 Å². The number of carbonyl (C=O) groups is 1. The second-order valence-electron chi connectivity index (χ2n) is 6.66. The minimum Gasteiger partial charge on any atom is -0.376 e. The number of halogens is 1. The van der Waals surface area contributed by atoms with Crippen molar-refractivity contribution in [3.63, 3.8) is 0 Å². The smallest absolute Gasteiger partial charge is 0.268 e. The number of ether oxygens (including phenoxy) is 1. The summed E-state index contributed by atoms with van der Waals surface area (Å²) in [4.78, 5) is 14.1. The van der Waals surface area contributed by atoms with Crippen molar-refractivity contribution in [3.8, 4) is 0 Å². The standard InChI is InChI=1S/C20H21ClN2O2S/c1-13-9-17-19(26-13)10-18(20(24)22-11-15-6-4-8-25-15)23(17)12-14-5-2-3-7-16(14)21/h2-3,5,7,9-10,15H,4,6,8,11-12H2,1H3,(H,22,24). The topological polar surface area (TPSA) is 43.3 Å². The molecule has 1 unspecified atom stereocenters. The number of thiophene rings is 1.